The van der Waals surface area contributed by atoms with E-state index >= 15 is 0 Å². The second-order valence-electron chi connectivity index (χ2n) is 11.5. The summed E-state index contributed by atoms with van der Waals surface area (Å²) in [5.74, 6) is 0.00837. The molecule has 236 valence electrons. The maximum absolute atomic E-state index is 6.80. The highest BCUT2D eigenvalue weighted by Crippen LogP contribution is 2.38. The minimum absolute atomic E-state index is 0.00837. The summed E-state index contributed by atoms with van der Waals surface area (Å²) in [4.78, 5) is 1.29. The van der Waals surface area contributed by atoms with Crippen LogP contribution in [0.3, 0.4) is 0 Å². The molecule has 7 aromatic rings. The Bertz CT molecular complexity index is 2120. The maximum Gasteiger partial charge on any atom is 0.0356 e. The molecule has 0 aliphatic carbocycles. The lowest BCUT2D eigenvalue weighted by atomic mass is 9.87. The van der Waals surface area contributed by atoms with Crippen molar-refractivity contribution in [2.45, 2.75) is 10.8 Å². The number of thioether (sulfide) groups is 1. The van der Waals surface area contributed by atoms with Crippen LogP contribution >= 0.6 is 11.8 Å². The van der Waals surface area contributed by atoms with Crippen molar-refractivity contribution >= 4 is 28.2 Å². The average molecular weight is 641 g/mol. The molecule has 0 aromatic heterocycles. The number of rotatable bonds is 8. The SMILES string of the molecule is CN.CSc1ccc2ccccc2c1-c1ccc(-c2cccc(C(/C=C(\N)c3ccc(-c4ccccc4)cc3)c3ccccc3)c2)cc1. The van der Waals surface area contributed by atoms with Crippen LogP contribution < -0.4 is 11.5 Å². The Kier molecular flexibility index (Phi) is 10.5. The van der Waals surface area contributed by atoms with Crippen LogP contribution in [0.25, 0.3) is 49.9 Å². The minimum Gasteiger partial charge on any atom is -0.398 e. The second-order valence-corrected chi connectivity index (χ2v) is 12.4. The van der Waals surface area contributed by atoms with Crippen molar-refractivity contribution < 1.29 is 0 Å². The van der Waals surface area contributed by atoms with Crippen molar-refractivity contribution in [1.82, 2.24) is 0 Å². The van der Waals surface area contributed by atoms with E-state index in [1.165, 1.54) is 67.2 Å². The third-order valence-corrected chi connectivity index (χ3v) is 9.47. The fourth-order valence-electron chi connectivity index (χ4n) is 6.27. The van der Waals surface area contributed by atoms with Crippen molar-refractivity contribution in [2.24, 2.45) is 11.5 Å². The number of allylic oxidation sites excluding steroid dienone is 1. The van der Waals surface area contributed by atoms with Gasteiger partial charge in [0.25, 0.3) is 0 Å². The lowest BCUT2D eigenvalue weighted by molar-refractivity contribution is 1.02. The first-order valence-corrected chi connectivity index (χ1v) is 17.4. The van der Waals surface area contributed by atoms with Crippen molar-refractivity contribution in [3.63, 3.8) is 0 Å². The summed E-state index contributed by atoms with van der Waals surface area (Å²) >= 11 is 1.80. The van der Waals surface area contributed by atoms with Crippen LogP contribution in [-0.4, -0.2) is 13.3 Å². The van der Waals surface area contributed by atoms with Crippen LogP contribution in [0.5, 0.6) is 0 Å². The van der Waals surface area contributed by atoms with Gasteiger partial charge in [0, 0.05) is 22.1 Å². The number of benzene rings is 7. The number of nitrogens with two attached hydrogens (primary N) is 2. The first kappa shape index (κ1) is 32.6. The van der Waals surface area contributed by atoms with Gasteiger partial charge in [0.1, 0.15) is 0 Å². The van der Waals surface area contributed by atoms with E-state index < -0.39 is 0 Å². The van der Waals surface area contributed by atoms with Crippen LogP contribution in [0.4, 0.5) is 0 Å². The molecule has 0 fully saturated rings. The van der Waals surface area contributed by atoms with Crippen LogP contribution in [0.2, 0.25) is 0 Å². The van der Waals surface area contributed by atoms with Gasteiger partial charge < -0.3 is 11.5 Å². The van der Waals surface area contributed by atoms with E-state index in [9.17, 15) is 0 Å². The molecule has 4 N–H and O–H groups in total. The van der Waals surface area contributed by atoms with Crippen LogP contribution in [0.1, 0.15) is 22.6 Å². The zero-order valence-corrected chi connectivity index (χ0v) is 28.2. The Morgan fingerprint density at radius 3 is 1.77 bits per heavy atom. The van der Waals surface area contributed by atoms with Gasteiger partial charge in [0.05, 0.1) is 0 Å². The standard InChI is InChI=1S/C44H35NS.CH5N/c1-46-43-28-27-35-15-8-9-18-40(35)44(43)37-25-21-33(22-26-37)38-16-10-17-39(29-38)41(34-13-6-3-7-14-34)30-42(45)36-23-19-32(20-24-36)31-11-4-2-5-12-31;1-2/h2-30,41H,45H2,1H3;2H2,1H3/b42-30-;. The van der Waals surface area contributed by atoms with E-state index in [-0.39, 0.29) is 5.92 Å². The summed E-state index contributed by atoms with van der Waals surface area (Å²) in [7, 11) is 1.50. The molecular weight excluding hydrogens is 601 g/mol. The van der Waals surface area contributed by atoms with Crippen molar-refractivity contribution in [2.75, 3.05) is 13.3 Å². The van der Waals surface area contributed by atoms with Gasteiger partial charge in [-0.25, -0.2) is 0 Å². The molecule has 3 heteroatoms. The first-order chi connectivity index (χ1) is 23.7. The van der Waals surface area contributed by atoms with E-state index in [0.717, 1.165) is 11.3 Å². The summed E-state index contributed by atoms with van der Waals surface area (Å²) in [6.45, 7) is 0. The molecule has 2 nitrogen and oxygen atoms in total. The van der Waals surface area contributed by atoms with E-state index in [1.54, 1.807) is 11.8 Å². The van der Waals surface area contributed by atoms with Gasteiger partial charge in [0.15, 0.2) is 0 Å². The zero-order valence-electron chi connectivity index (χ0n) is 27.4. The predicted molar refractivity (Wildman–Crippen MR) is 209 cm³/mol. The van der Waals surface area contributed by atoms with Crippen molar-refractivity contribution in [1.29, 1.82) is 0 Å². The highest BCUT2D eigenvalue weighted by Gasteiger charge is 2.15. The van der Waals surface area contributed by atoms with Gasteiger partial charge in [-0.3, -0.25) is 0 Å². The molecule has 7 rings (SSSR count). The fraction of sp³-hybridized carbons (Fsp3) is 0.0667. The van der Waals surface area contributed by atoms with Crippen molar-refractivity contribution in [3.8, 4) is 33.4 Å². The van der Waals surface area contributed by atoms with Crippen LogP contribution in [0.15, 0.2) is 181 Å². The van der Waals surface area contributed by atoms with E-state index in [2.05, 4.69) is 182 Å². The summed E-state index contributed by atoms with van der Waals surface area (Å²) in [6.07, 6.45) is 4.34. The molecule has 0 radical (unpaired) electrons. The zero-order chi connectivity index (χ0) is 33.3. The van der Waals surface area contributed by atoms with Gasteiger partial charge in [-0.1, -0.05) is 164 Å². The smallest absolute Gasteiger partial charge is 0.0356 e. The molecule has 0 heterocycles. The molecule has 0 aliphatic heterocycles. The quantitative estimate of drug-likeness (QED) is 0.163. The fourth-order valence-corrected chi connectivity index (χ4v) is 6.90. The monoisotopic (exact) mass is 640 g/mol. The highest BCUT2D eigenvalue weighted by molar-refractivity contribution is 7.98. The topological polar surface area (TPSA) is 52.0 Å². The molecular formula is C45H40N2S. The average Bonchev–Trinajstić information content (AvgIpc) is 3.18. The summed E-state index contributed by atoms with van der Waals surface area (Å²) < 4.78 is 0. The number of hydrogen-bond donors (Lipinski definition) is 2. The normalized spacial score (nSPS) is 11.9. The number of hydrogen-bond acceptors (Lipinski definition) is 3. The molecule has 0 saturated carbocycles. The maximum atomic E-state index is 6.80. The molecule has 1 unspecified atom stereocenters. The molecule has 0 amide bonds. The summed E-state index contributed by atoms with van der Waals surface area (Å²) in [5.41, 5.74) is 22.8. The highest BCUT2D eigenvalue weighted by atomic mass is 32.2. The molecule has 0 spiro atoms. The van der Waals surface area contributed by atoms with Crippen molar-refractivity contribution in [3.05, 3.63) is 193 Å². The molecule has 0 aliphatic rings. The molecule has 7 aromatic carbocycles. The minimum atomic E-state index is 0.00837. The Balaban J connectivity index is 0.00000197. The van der Waals surface area contributed by atoms with Crippen LogP contribution in [0, 0.1) is 0 Å². The van der Waals surface area contributed by atoms with E-state index in [1.807, 2.05) is 6.07 Å². The van der Waals surface area contributed by atoms with Gasteiger partial charge in [-0.2, -0.15) is 0 Å². The first-order valence-electron chi connectivity index (χ1n) is 16.2. The second kappa shape index (κ2) is 15.5. The lowest BCUT2D eigenvalue weighted by Crippen LogP contribution is -2.04. The lowest BCUT2D eigenvalue weighted by Gasteiger charge is -2.17. The predicted octanol–water partition coefficient (Wildman–Crippen LogP) is 11.3. The van der Waals surface area contributed by atoms with Gasteiger partial charge in [0.2, 0.25) is 0 Å². The third-order valence-electron chi connectivity index (χ3n) is 8.69. The molecule has 48 heavy (non-hydrogen) atoms. The van der Waals surface area contributed by atoms with Crippen LogP contribution in [-0.2, 0) is 0 Å². The Labute approximate surface area is 288 Å². The number of fused-ring (bicyclic) bond motifs is 1. The molecule has 0 bridgehead atoms. The van der Waals surface area contributed by atoms with E-state index in [0.29, 0.717) is 0 Å². The van der Waals surface area contributed by atoms with Gasteiger partial charge >= 0.3 is 0 Å². The Morgan fingerprint density at radius 1 is 0.521 bits per heavy atom. The largest absolute Gasteiger partial charge is 0.398 e. The third kappa shape index (κ3) is 7.13. The van der Waals surface area contributed by atoms with E-state index in [4.69, 9.17) is 5.73 Å². The summed E-state index contributed by atoms with van der Waals surface area (Å²) in [6, 6.07) is 60.6. The van der Waals surface area contributed by atoms with Gasteiger partial charge in [-0.05, 0) is 80.7 Å². The summed E-state index contributed by atoms with van der Waals surface area (Å²) in [5, 5.41) is 2.55. The van der Waals surface area contributed by atoms with Gasteiger partial charge in [-0.15, -0.1) is 11.8 Å². The Morgan fingerprint density at radius 2 is 1.06 bits per heavy atom. The Hall–Kier alpha value is -5.35. The molecule has 0 saturated heterocycles. The molecule has 1 atom stereocenters.